The zero-order valence-electron chi connectivity index (χ0n) is 20.3. The molecule has 9 nitrogen and oxygen atoms in total. The number of urea groups is 1. The summed E-state index contributed by atoms with van der Waals surface area (Å²) in [5.74, 6) is -0.983. The number of alkyl halides is 3. The Morgan fingerprint density at radius 3 is 2.28 bits per heavy atom. The molecule has 4 amide bonds. The molecule has 39 heavy (non-hydrogen) atoms. The van der Waals surface area contributed by atoms with E-state index in [2.05, 4.69) is 10.3 Å². The van der Waals surface area contributed by atoms with Gasteiger partial charge < -0.3 is 5.32 Å². The molecule has 202 valence electrons. The minimum atomic E-state index is -5.59. The molecule has 13 heteroatoms. The van der Waals surface area contributed by atoms with E-state index in [-0.39, 0.29) is 29.8 Å². The van der Waals surface area contributed by atoms with Gasteiger partial charge in [-0.2, -0.15) is 13.2 Å². The van der Waals surface area contributed by atoms with Crippen LogP contribution in [0.3, 0.4) is 0 Å². The maximum atomic E-state index is 13.6. The lowest BCUT2D eigenvalue weighted by Crippen LogP contribution is -2.39. The first-order chi connectivity index (χ1) is 18.4. The zero-order valence-corrected chi connectivity index (χ0v) is 21.2. The second-order valence-corrected chi connectivity index (χ2v) is 11.3. The number of carbonyl (C=O) groups excluding carboxylic acids is 3. The number of imide groups is 1. The SMILES string of the molecule is CC1CC12C(=O)N(c1ccc(S(=O)(=O)C(F)(F)F)cc1)C(=O)N2c1ccnc(NC(=O)Cc2ccccc2)c1. The van der Waals surface area contributed by atoms with Crippen LogP contribution < -0.4 is 15.1 Å². The van der Waals surface area contributed by atoms with Gasteiger partial charge in [-0.05, 0) is 48.2 Å². The normalized spacial score (nSPS) is 21.0. The average molecular weight is 559 g/mol. The van der Waals surface area contributed by atoms with E-state index in [0.29, 0.717) is 24.2 Å². The number of hydrogen-bond donors (Lipinski definition) is 1. The number of aromatic nitrogens is 1. The molecule has 2 aliphatic rings. The van der Waals surface area contributed by atoms with Gasteiger partial charge in [0.05, 0.1) is 22.7 Å². The summed E-state index contributed by atoms with van der Waals surface area (Å²) in [4.78, 5) is 44.8. The van der Waals surface area contributed by atoms with Gasteiger partial charge in [-0.1, -0.05) is 37.3 Å². The molecule has 5 rings (SSSR count). The van der Waals surface area contributed by atoms with Crippen molar-refractivity contribution < 1.29 is 36.0 Å². The predicted molar refractivity (Wildman–Crippen MR) is 135 cm³/mol. The third-order valence-electron chi connectivity index (χ3n) is 6.81. The first kappa shape index (κ1) is 26.4. The van der Waals surface area contributed by atoms with Crippen LogP contribution in [0.5, 0.6) is 0 Å². The summed E-state index contributed by atoms with van der Waals surface area (Å²) in [6.07, 6.45) is 1.82. The Morgan fingerprint density at radius 1 is 1.05 bits per heavy atom. The number of nitrogens with zero attached hydrogens (tertiary/aromatic N) is 3. The van der Waals surface area contributed by atoms with Crippen LogP contribution in [0.4, 0.5) is 35.2 Å². The van der Waals surface area contributed by atoms with E-state index in [9.17, 15) is 36.0 Å². The second kappa shape index (κ2) is 9.19. The highest BCUT2D eigenvalue weighted by molar-refractivity contribution is 7.92. The minimum Gasteiger partial charge on any atom is -0.310 e. The number of hydrogen-bond acceptors (Lipinski definition) is 6. The lowest BCUT2D eigenvalue weighted by molar-refractivity contribution is -0.119. The van der Waals surface area contributed by atoms with Crippen LogP contribution in [0.25, 0.3) is 0 Å². The molecule has 3 aromatic rings. The summed E-state index contributed by atoms with van der Waals surface area (Å²) in [6, 6.07) is 14.6. The maximum Gasteiger partial charge on any atom is 0.501 e. The summed E-state index contributed by atoms with van der Waals surface area (Å²) >= 11 is 0. The van der Waals surface area contributed by atoms with Crippen molar-refractivity contribution in [1.29, 1.82) is 0 Å². The third kappa shape index (κ3) is 4.42. The van der Waals surface area contributed by atoms with Gasteiger partial charge in [0.1, 0.15) is 11.4 Å². The van der Waals surface area contributed by atoms with Crippen molar-refractivity contribution in [3.05, 3.63) is 78.5 Å². The largest absolute Gasteiger partial charge is 0.501 e. The van der Waals surface area contributed by atoms with Gasteiger partial charge >= 0.3 is 11.5 Å². The van der Waals surface area contributed by atoms with Crippen molar-refractivity contribution in [2.24, 2.45) is 5.92 Å². The van der Waals surface area contributed by atoms with Crippen molar-refractivity contribution in [2.75, 3.05) is 15.1 Å². The highest BCUT2D eigenvalue weighted by Gasteiger charge is 2.70. The lowest BCUT2D eigenvalue weighted by Gasteiger charge is -2.22. The van der Waals surface area contributed by atoms with Gasteiger partial charge in [-0.15, -0.1) is 0 Å². The Hall–Kier alpha value is -4.26. The van der Waals surface area contributed by atoms with Crippen LogP contribution in [0.2, 0.25) is 0 Å². The lowest BCUT2D eigenvalue weighted by atomic mass is 10.1. The number of rotatable bonds is 6. The Kier molecular flexibility index (Phi) is 6.21. The number of sulfone groups is 1. The van der Waals surface area contributed by atoms with Gasteiger partial charge in [-0.3, -0.25) is 14.5 Å². The highest BCUT2D eigenvalue weighted by atomic mass is 32.2. The fraction of sp³-hybridized carbons (Fsp3) is 0.231. The fourth-order valence-electron chi connectivity index (χ4n) is 4.74. The van der Waals surface area contributed by atoms with Crippen LogP contribution >= 0.6 is 0 Å². The fourth-order valence-corrected chi connectivity index (χ4v) is 5.50. The van der Waals surface area contributed by atoms with Gasteiger partial charge in [-0.25, -0.2) is 23.1 Å². The van der Waals surface area contributed by atoms with E-state index in [0.717, 1.165) is 22.6 Å². The smallest absolute Gasteiger partial charge is 0.310 e. The second-order valence-electron chi connectivity index (χ2n) is 9.34. The number of carbonyl (C=O) groups is 3. The first-order valence-corrected chi connectivity index (χ1v) is 13.2. The number of amides is 4. The Morgan fingerprint density at radius 2 is 1.69 bits per heavy atom. The monoisotopic (exact) mass is 558 g/mol. The number of nitrogens with one attached hydrogen (secondary N) is 1. The topological polar surface area (TPSA) is 117 Å². The molecule has 2 unspecified atom stereocenters. The van der Waals surface area contributed by atoms with Crippen molar-refractivity contribution in [3.8, 4) is 0 Å². The molecule has 2 heterocycles. The van der Waals surface area contributed by atoms with E-state index in [1.807, 2.05) is 18.2 Å². The molecular formula is C26H21F3N4O5S. The molecule has 1 saturated carbocycles. The zero-order chi connectivity index (χ0) is 28.2. The summed E-state index contributed by atoms with van der Waals surface area (Å²) in [5.41, 5.74) is -5.70. The minimum absolute atomic E-state index is 0.0717. The molecule has 1 spiro atoms. The van der Waals surface area contributed by atoms with Gasteiger partial charge in [0, 0.05) is 12.3 Å². The van der Waals surface area contributed by atoms with Crippen LogP contribution in [0.1, 0.15) is 18.9 Å². The maximum absolute atomic E-state index is 13.6. The molecule has 2 aromatic carbocycles. The molecule has 2 atom stereocenters. The van der Waals surface area contributed by atoms with Crippen molar-refractivity contribution in [2.45, 2.75) is 35.7 Å². The van der Waals surface area contributed by atoms with Crippen LogP contribution in [-0.4, -0.2) is 42.3 Å². The number of anilines is 3. The van der Waals surface area contributed by atoms with E-state index >= 15 is 0 Å². The molecule has 1 aliphatic heterocycles. The van der Waals surface area contributed by atoms with Crippen LogP contribution in [-0.2, 0) is 25.8 Å². The molecule has 1 aromatic heterocycles. The van der Waals surface area contributed by atoms with Crippen LogP contribution in [0.15, 0.2) is 77.8 Å². The Labute approximate surface area is 221 Å². The summed E-state index contributed by atoms with van der Waals surface area (Å²) in [5, 5.41) is 2.68. The Balaban J connectivity index is 1.42. The van der Waals surface area contributed by atoms with Crippen molar-refractivity contribution in [1.82, 2.24) is 4.98 Å². The number of halogens is 3. The molecule has 1 aliphatic carbocycles. The summed E-state index contributed by atoms with van der Waals surface area (Å²) < 4.78 is 62.1. The summed E-state index contributed by atoms with van der Waals surface area (Å²) in [7, 11) is -5.59. The van der Waals surface area contributed by atoms with Gasteiger partial charge in [0.15, 0.2) is 0 Å². The first-order valence-electron chi connectivity index (χ1n) is 11.8. The number of benzene rings is 2. The van der Waals surface area contributed by atoms with E-state index < -0.39 is 37.7 Å². The Bertz CT molecular complexity index is 1580. The molecule has 0 bridgehead atoms. The quantitative estimate of drug-likeness (QED) is 0.451. The molecule has 2 fully saturated rings. The average Bonchev–Trinajstić information content (AvgIpc) is 3.49. The van der Waals surface area contributed by atoms with E-state index in [1.54, 1.807) is 19.1 Å². The highest BCUT2D eigenvalue weighted by Crippen LogP contribution is 2.55. The summed E-state index contributed by atoms with van der Waals surface area (Å²) in [6.45, 7) is 1.78. The number of pyridine rings is 1. The van der Waals surface area contributed by atoms with E-state index in [4.69, 9.17) is 0 Å². The molecular weight excluding hydrogens is 537 g/mol. The van der Waals surface area contributed by atoms with E-state index in [1.165, 1.54) is 23.2 Å². The molecule has 1 saturated heterocycles. The van der Waals surface area contributed by atoms with Gasteiger partial charge in [0.25, 0.3) is 15.7 Å². The predicted octanol–water partition coefficient (Wildman–Crippen LogP) is 4.31. The molecule has 0 radical (unpaired) electrons. The van der Waals surface area contributed by atoms with Crippen molar-refractivity contribution >= 4 is 44.9 Å². The van der Waals surface area contributed by atoms with Crippen LogP contribution in [0, 0.1) is 5.92 Å². The van der Waals surface area contributed by atoms with Gasteiger partial charge in [0.2, 0.25) is 5.91 Å². The van der Waals surface area contributed by atoms with Crippen molar-refractivity contribution in [3.63, 3.8) is 0 Å². The molecule has 1 N–H and O–H groups in total. The standard InChI is InChI=1S/C26H21F3N4O5S/c1-16-15-25(16)23(35)32(18-7-9-20(10-8-18)39(37,38)26(27,28)29)24(36)33(25)19-11-12-30-21(14-19)31-22(34)13-17-5-3-2-4-6-17/h2-12,14,16H,13,15H2,1H3,(H,30,31,34). The third-order valence-corrected chi connectivity index (χ3v) is 8.32.